The molecule has 0 unspecified atom stereocenters. The van der Waals surface area contributed by atoms with Gasteiger partial charge in [-0.15, -0.1) is 0 Å². The van der Waals surface area contributed by atoms with Gasteiger partial charge >= 0.3 is 0 Å². The average molecular weight is 255 g/mol. The van der Waals surface area contributed by atoms with E-state index in [0.717, 1.165) is 45.7 Å². The highest BCUT2D eigenvalue weighted by Crippen LogP contribution is 2.28. The SMILES string of the molecule is NC(=NC[C@H]1CCC[C@@H](CO)C1)N1CCOCC1. The molecular weight excluding hydrogens is 230 g/mol. The van der Waals surface area contributed by atoms with Gasteiger partial charge in [-0.1, -0.05) is 6.42 Å². The zero-order valence-electron chi connectivity index (χ0n) is 11.1. The largest absolute Gasteiger partial charge is 0.396 e. The van der Waals surface area contributed by atoms with E-state index in [4.69, 9.17) is 10.5 Å². The normalized spacial score (nSPS) is 30.5. The highest BCUT2D eigenvalue weighted by atomic mass is 16.5. The molecule has 2 fully saturated rings. The molecule has 5 nitrogen and oxygen atoms in total. The Hall–Kier alpha value is -0.810. The lowest BCUT2D eigenvalue weighted by atomic mass is 9.82. The Balaban J connectivity index is 1.77. The fraction of sp³-hybridized carbons (Fsp3) is 0.923. The number of aliphatic hydroxyl groups excluding tert-OH is 1. The van der Waals surface area contributed by atoms with Gasteiger partial charge in [0.2, 0.25) is 0 Å². The lowest BCUT2D eigenvalue weighted by Gasteiger charge is -2.29. The highest BCUT2D eigenvalue weighted by Gasteiger charge is 2.21. The van der Waals surface area contributed by atoms with Gasteiger partial charge in [-0.25, -0.2) is 0 Å². The first-order valence-electron chi connectivity index (χ1n) is 7.03. The minimum Gasteiger partial charge on any atom is -0.396 e. The van der Waals surface area contributed by atoms with Crippen LogP contribution in [0.15, 0.2) is 4.99 Å². The van der Waals surface area contributed by atoms with Crippen LogP contribution in [0, 0.1) is 11.8 Å². The van der Waals surface area contributed by atoms with Crippen LogP contribution in [0.2, 0.25) is 0 Å². The number of hydrogen-bond donors (Lipinski definition) is 2. The zero-order valence-corrected chi connectivity index (χ0v) is 11.1. The number of nitrogens with zero attached hydrogens (tertiary/aromatic N) is 2. The first-order valence-corrected chi connectivity index (χ1v) is 7.03. The molecule has 1 aliphatic carbocycles. The Morgan fingerprint density at radius 3 is 2.72 bits per heavy atom. The minimum absolute atomic E-state index is 0.319. The molecule has 2 aliphatic rings. The van der Waals surface area contributed by atoms with E-state index < -0.39 is 0 Å². The Kier molecular flexibility index (Phi) is 5.26. The summed E-state index contributed by atoms with van der Waals surface area (Å²) in [5.74, 6) is 1.73. The van der Waals surface area contributed by atoms with E-state index in [0.29, 0.717) is 24.4 Å². The smallest absolute Gasteiger partial charge is 0.191 e. The first kappa shape index (κ1) is 13.6. The van der Waals surface area contributed by atoms with Gasteiger partial charge in [0.1, 0.15) is 0 Å². The maximum Gasteiger partial charge on any atom is 0.191 e. The number of rotatable bonds is 3. The third-order valence-corrected chi connectivity index (χ3v) is 4.00. The van der Waals surface area contributed by atoms with Gasteiger partial charge < -0.3 is 20.5 Å². The number of nitrogens with two attached hydrogens (primary N) is 1. The summed E-state index contributed by atoms with van der Waals surface area (Å²) in [6.07, 6.45) is 4.69. The molecule has 1 aliphatic heterocycles. The fourth-order valence-electron chi connectivity index (χ4n) is 2.85. The van der Waals surface area contributed by atoms with Crippen molar-refractivity contribution in [1.82, 2.24) is 4.90 Å². The van der Waals surface area contributed by atoms with Gasteiger partial charge in [-0.3, -0.25) is 4.99 Å². The zero-order chi connectivity index (χ0) is 12.8. The van der Waals surface area contributed by atoms with E-state index in [1.807, 2.05) is 0 Å². The summed E-state index contributed by atoms with van der Waals surface area (Å²) in [4.78, 5) is 6.62. The number of morpholine rings is 1. The topological polar surface area (TPSA) is 71.1 Å². The van der Waals surface area contributed by atoms with Crippen molar-refractivity contribution < 1.29 is 9.84 Å². The third-order valence-electron chi connectivity index (χ3n) is 4.00. The van der Waals surface area contributed by atoms with Gasteiger partial charge in [0.05, 0.1) is 13.2 Å². The molecule has 1 heterocycles. The van der Waals surface area contributed by atoms with Crippen LogP contribution < -0.4 is 5.73 Å². The average Bonchev–Trinajstić information content (AvgIpc) is 2.46. The molecule has 0 bridgehead atoms. The van der Waals surface area contributed by atoms with Crippen molar-refractivity contribution in [2.24, 2.45) is 22.6 Å². The maximum absolute atomic E-state index is 9.21. The first-order chi connectivity index (χ1) is 8.79. The second-order valence-electron chi connectivity index (χ2n) is 5.38. The van der Waals surface area contributed by atoms with Gasteiger partial charge in [0.15, 0.2) is 5.96 Å². The van der Waals surface area contributed by atoms with Gasteiger partial charge in [-0.2, -0.15) is 0 Å². The van der Waals surface area contributed by atoms with Gasteiger partial charge in [0, 0.05) is 26.2 Å². The predicted molar refractivity (Wildman–Crippen MR) is 71.4 cm³/mol. The van der Waals surface area contributed by atoms with Crippen LogP contribution in [0.4, 0.5) is 0 Å². The summed E-state index contributed by atoms with van der Waals surface area (Å²) in [7, 11) is 0. The number of aliphatic hydroxyl groups is 1. The molecule has 0 aromatic rings. The molecular formula is C13H25N3O2. The van der Waals surface area contributed by atoms with Crippen LogP contribution in [0.3, 0.4) is 0 Å². The van der Waals surface area contributed by atoms with Crippen molar-refractivity contribution in [3.8, 4) is 0 Å². The summed E-state index contributed by atoms with van der Waals surface area (Å²) >= 11 is 0. The Morgan fingerprint density at radius 1 is 1.28 bits per heavy atom. The third kappa shape index (κ3) is 3.85. The molecule has 2 atom stereocenters. The molecule has 3 N–H and O–H groups in total. The molecule has 0 amide bonds. The second kappa shape index (κ2) is 6.95. The summed E-state index contributed by atoms with van der Waals surface area (Å²) < 4.78 is 5.29. The fourth-order valence-corrected chi connectivity index (χ4v) is 2.85. The van der Waals surface area contributed by atoms with Crippen molar-refractivity contribution in [1.29, 1.82) is 0 Å². The summed E-state index contributed by atoms with van der Waals surface area (Å²) in [6.45, 7) is 4.30. The molecule has 5 heteroatoms. The highest BCUT2D eigenvalue weighted by molar-refractivity contribution is 5.78. The predicted octanol–water partition coefficient (Wildman–Crippen LogP) is 0.432. The number of aliphatic imine (C=N–C) groups is 1. The van der Waals surface area contributed by atoms with Crippen LogP contribution >= 0.6 is 0 Å². The van der Waals surface area contributed by atoms with E-state index in [1.54, 1.807) is 0 Å². The number of ether oxygens (including phenoxy) is 1. The molecule has 1 saturated carbocycles. The number of guanidine groups is 1. The van der Waals surface area contributed by atoms with Gasteiger partial charge in [-0.05, 0) is 31.1 Å². The second-order valence-corrected chi connectivity index (χ2v) is 5.38. The van der Waals surface area contributed by atoms with E-state index in [-0.39, 0.29) is 0 Å². The minimum atomic E-state index is 0.319. The monoisotopic (exact) mass is 255 g/mol. The van der Waals surface area contributed by atoms with Crippen LogP contribution in [0.1, 0.15) is 25.7 Å². The Labute approximate surface area is 109 Å². The van der Waals surface area contributed by atoms with Crippen LogP contribution in [-0.2, 0) is 4.74 Å². The summed E-state index contributed by atoms with van der Waals surface area (Å²) in [6, 6.07) is 0. The van der Waals surface area contributed by atoms with Crippen LogP contribution in [-0.4, -0.2) is 55.4 Å². The van der Waals surface area contributed by atoms with E-state index in [1.165, 1.54) is 12.8 Å². The molecule has 104 valence electrons. The molecule has 0 radical (unpaired) electrons. The van der Waals surface area contributed by atoms with Gasteiger partial charge in [0.25, 0.3) is 0 Å². The van der Waals surface area contributed by atoms with Crippen molar-refractivity contribution in [3.05, 3.63) is 0 Å². The lowest BCUT2D eigenvalue weighted by Crippen LogP contribution is -2.45. The van der Waals surface area contributed by atoms with E-state index in [2.05, 4.69) is 9.89 Å². The molecule has 1 saturated heterocycles. The van der Waals surface area contributed by atoms with Crippen molar-refractivity contribution in [3.63, 3.8) is 0 Å². The Bertz CT molecular complexity index is 277. The molecule has 0 aromatic heterocycles. The van der Waals surface area contributed by atoms with Crippen LogP contribution in [0.25, 0.3) is 0 Å². The molecule has 2 rings (SSSR count). The summed E-state index contributed by atoms with van der Waals surface area (Å²) in [5, 5.41) is 9.21. The Morgan fingerprint density at radius 2 is 2.00 bits per heavy atom. The lowest BCUT2D eigenvalue weighted by molar-refractivity contribution is 0.0673. The molecule has 0 spiro atoms. The standard InChI is InChI=1S/C13H25N3O2/c14-13(16-4-6-18-7-5-16)15-9-11-2-1-3-12(8-11)10-17/h11-12,17H,1-10H2,(H2,14,15)/t11-,12+/m0/s1. The summed E-state index contributed by atoms with van der Waals surface area (Å²) in [5.41, 5.74) is 6.00. The quantitative estimate of drug-likeness (QED) is 0.567. The van der Waals surface area contributed by atoms with Crippen LogP contribution in [0.5, 0.6) is 0 Å². The van der Waals surface area contributed by atoms with E-state index >= 15 is 0 Å². The van der Waals surface area contributed by atoms with Crippen molar-refractivity contribution in [2.45, 2.75) is 25.7 Å². The molecule has 0 aromatic carbocycles. The maximum atomic E-state index is 9.21. The molecule has 18 heavy (non-hydrogen) atoms. The number of hydrogen-bond acceptors (Lipinski definition) is 3. The van der Waals surface area contributed by atoms with E-state index in [9.17, 15) is 5.11 Å². The van der Waals surface area contributed by atoms with Crippen molar-refractivity contribution in [2.75, 3.05) is 39.5 Å². The van der Waals surface area contributed by atoms with Crippen molar-refractivity contribution >= 4 is 5.96 Å².